The first-order chi connectivity index (χ1) is 36.0. The van der Waals surface area contributed by atoms with Gasteiger partial charge in [0, 0.05) is 19.3 Å². The Kier molecular flexibility index (Phi) is 56.0. The number of hydrogen-bond donors (Lipinski definition) is 0. The third-order valence-corrected chi connectivity index (χ3v) is 11.8. The van der Waals surface area contributed by atoms with Gasteiger partial charge in [0.15, 0.2) is 6.10 Å². The van der Waals surface area contributed by atoms with Gasteiger partial charge in [-0.05, 0) is 135 Å². The Labute approximate surface area is 448 Å². The van der Waals surface area contributed by atoms with Crippen LogP contribution in [0, 0.1) is 0 Å². The van der Waals surface area contributed by atoms with Crippen molar-refractivity contribution in [1.82, 2.24) is 0 Å². The Hall–Kier alpha value is -4.71. The van der Waals surface area contributed by atoms with Crippen LogP contribution < -0.4 is 0 Å². The second-order valence-corrected chi connectivity index (χ2v) is 18.8. The second kappa shape index (κ2) is 59.8. The van der Waals surface area contributed by atoms with Crippen LogP contribution >= 0.6 is 0 Å². The molecule has 0 spiro atoms. The first-order valence-electron chi connectivity index (χ1n) is 29.3. The van der Waals surface area contributed by atoms with E-state index < -0.39 is 6.10 Å². The van der Waals surface area contributed by atoms with Gasteiger partial charge in [-0.3, -0.25) is 14.4 Å². The van der Waals surface area contributed by atoms with Crippen molar-refractivity contribution >= 4 is 17.9 Å². The zero-order chi connectivity index (χ0) is 52.9. The van der Waals surface area contributed by atoms with Crippen LogP contribution in [0.4, 0.5) is 0 Å². The number of carbonyl (C=O) groups excluding carboxylic acids is 3. The molecule has 0 N–H and O–H groups in total. The van der Waals surface area contributed by atoms with E-state index in [1.54, 1.807) is 0 Å². The lowest BCUT2D eigenvalue weighted by Gasteiger charge is -2.18. The lowest BCUT2D eigenvalue weighted by molar-refractivity contribution is -0.167. The summed E-state index contributed by atoms with van der Waals surface area (Å²) >= 11 is 0. The molecule has 1 unspecified atom stereocenters. The minimum absolute atomic E-state index is 0.108. The normalized spacial score (nSPS) is 13.2. The number of ether oxygens (including phenoxy) is 3. The standard InChI is InChI=1S/C67H106O6/c1-4-7-10-13-16-19-22-25-27-29-31-33-35-37-39-42-45-48-51-54-57-60-66(69)72-63-64(62-71-65(68)59-56-53-50-47-44-41-24-21-18-15-12-9-6-3)73-67(70)61-58-55-52-49-46-43-40-38-36-34-32-30-28-26-23-20-17-14-11-8-5-2/h7-8,10-12,15-17,19-21,24-28,31-34,37,39,45,48,64H,4-6,9,13-14,18,22-23,29-30,35-36,38,40-44,46-47,49-63H2,1-3H3/b10-7-,11-8-,15-12-,19-16-,20-17-,24-21-,27-25-,28-26-,33-31-,34-32-,39-37-,48-45-. The van der Waals surface area contributed by atoms with E-state index in [0.29, 0.717) is 25.7 Å². The van der Waals surface area contributed by atoms with Gasteiger partial charge in [-0.25, -0.2) is 0 Å². The average molecular weight is 1010 g/mol. The fourth-order valence-corrected chi connectivity index (χ4v) is 7.47. The molecular weight excluding hydrogens is 901 g/mol. The number of hydrogen-bond acceptors (Lipinski definition) is 6. The molecule has 73 heavy (non-hydrogen) atoms. The number of carbonyl (C=O) groups is 3. The minimum Gasteiger partial charge on any atom is -0.462 e. The SMILES string of the molecule is CC/C=C\C/C=C\C/C=C\C/C=C\C/C=C\C/C=C\CCCCC(=O)OCC(COC(=O)CCCCCCC/C=C\C/C=C\CCC)OC(=O)CCCCCCCCCC/C=C\C/C=C\C/C=C\C/C=C\CC. The molecule has 0 heterocycles. The molecule has 0 fully saturated rings. The lowest BCUT2D eigenvalue weighted by Crippen LogP contribution is -2.30. The van der Waals surface area contributed by atoms with Crippen molar-refractivity contribution in [2.75, 3.05) is 13.2 Å². The van der Waals surface area contributed by atoms with E-state index >= 15 is 0 Å². The molecule has 410 valence electrons. The zero-order valence-corrected chi connectivity index (χ0v) is 46.8. The van der Waals surface area contributed by atoms with Crippen LogP contribution in [0.15, 0.2) is 146 Å². The van der Waals surface area contributed by atoms with E-state index in [9.17, 15) is 14.4 Å². The van der Waals surface area contributed by atoms with Crippen LogP contribution in [0.25, 0.3) is 0 Å². The van der Waals surface area contributed by atoms with Crippen LogP contribution in [0.5, 0.6) is 0 Å². The predicted octanol–water partition coefficient (Wildman–Crippen LogP) is 20.0. The van der Waals surface area contributed by atoms with Gasteiger partial charge in [-0.1, -0.05) is 231 Å². The fourth-order valence-electron chi connectivity index (χ4n) is 7.47. The molecule has 0 amide bonds. The summed E-state index contributed by atoms with van der Waals surface area (Å²) < 4.78 is 16.8. The molecule has 0 saturated carbocycles. The second-order valence-electron chi connectivity index (χ2n) is 18.8. The van der Waals surface area contributed by atoms with E-state index in [2.05, 4.69) is 167 Å². The van der Waals surface area contributed by atoms with Crippen LogP contribution in [-0.4, -0.2) is 37.2 Å². The topological polar surface area (TPSA) is 78.9 Å². The van der Waals surface area contributed by atoms with Crippen molar-refractivity contribution in [3.05, 3.63) is 146 Å². The molecule has 0 aliphatic heterocycles. The maximum Gasteiger partial charge on any atom is 0.306 e. The summed E-state index contributed by atoms with van der Waals surface area (Å²) in [6.07, 6.45) is 85.5. The fraction of sp³-hybridized carbons (Fsp3) is 0.597. The molecule has 0 bridgehead atoms. The van der Waals surface area contributed by atoms with Crippen LogP contribution in [0.1, 0.15) is 239 Å². The predicted molar refractivity (Wildman–Crippen MR) is 315 cm³/mol. The van der Waals surface area contributed by atoms with Gasteiger partial charge in [-0.15, -0.1) is 0 Å². The number of rotatable bonds is 51. The summed E-state index contributed by atoms with van der Waals surface area (Å²) in [6.45, 7) is 6.28. The van der Waals surface area contributed by atoms with E-state index in [1.165, 1.54) is 38.5 Å². The van der Waals surface area contributed by atoms with E-state index in [-0.39, 0.29) is 31.1 Å². The van der Waals surface area contributed by atoms with E-state index in [1.807, 2.05) is 0 Å². The highest BCUT2D eigenvalue weighted by Crippen LogP contribution is 2.14. The Morgan fingerprint density at radius 2 is 0.534 bits per heavy atom. The number of esters is 3. The van der Waals surface area contributed by atoms with Crippen molar-refractivity contribution in [3.63, 3.8) is 0 Å². The number of unbranched alkanes of at least 4 members (excludes halogenated alkanes) is 16. The van der Waals surface area contributed by atoms with Gasteiger partial charge in [0.2, 0.25) is 0 Å². The summed E-state index contributed by atoms with van der Waals surface area (Å²) in [7, 11) is 0. The molecule has 0 aromatic rings. The van der Waals surface area contributed by atoms with E-state index in [0.717, 1.165) is 154 Å². The molecule has 0 aromatic heterocycles. The largest absolute Gasteiger partial charge is 0.462 e. The van der Waals surface area contributed by atoms with Crippen molar-refractivity contribution in [3.8, 4) is 0 Å². The first-order valence-corrected chi connectivity index (χ1v) is 29.3. The molecule has 6 heteroatoms. The lowest BCUT2D eigenvalue weighted by atomic mass is 10.1. The third-order valence-electron chi connectivity index (χ3n) is 11.8. The van der Waals surface area contributed by atoms with Crippen molar-refractivity contribution in [2.45, 2.75) is 245 Å². The van der Waals surface area contributed by atoms with Gasteiger partial charge >= 0.3 is 17.9 Å². The summed E-state index contributed by atoms with van der Waals surface area (Å²) in [5, 5.41) is 0. The Bertz CT molecular complexity index is 1630. The van der Waals surface area contributed by atoms with Gasteiger partial charge in [0.1, 0.15) is 13.2 Å². The summed E-state index contributed by atoms with van der Waals surface area (Å²) in [5.74, 6) is -0.980. The third kappa shape index (κ3) is 58.1. The first kappa shape index (κ1) is 68.3. The van der Waals surface area contributed by atoms with Crippen LogP contribution in [0.3, 0.4) is 0 Å². The van der Waals surface area contributed by atoms with Gasteiger partial charge in [0.05, 0.1) is 0 Å². The Morgan fingerprint density at radius 1 is 0.288 bits per heavy atom. The molecular formula is C67H106O6. The van der Waals surface area contributed by atoms with Crippen LogP contribution in [0.2, 0.25) is 0 Å². The van der Waals surface area contributed by atoms with Crippen molar-refractivity contribution < 1.29 is 28.6 Å². The van der Waals surface area contributed by atoms with Gasteiger partial charge in [-0.2, -0.15) is 0 Å². The van der Waals surface area contributed by atoms with Crippen molar-refractivity contribution in [2.24, 2.45) is 0 Å². The number of allylic oxidation sites excluding steroid dienone is 24. The molecule has 1 atom stereocenters. The van der Waals surface area contributed by atoms with Gasteiger partial charge < -0.3 is 14.2 Å². The summed E-state index contributed by atoms with van der Waals surface area (Å²) in [4.78, 5) is 38.2. The molecule has 0 aliphatic carbocycles. The minimum atomic E-state index is -0.814. The summed E-state index contributed by atoms with van der Waals surface area (Å²) in [6, 6.07) is 0. The Balaban J connectivity index is 4.50. The molecule has 0 radical (unpaired) electrons. The molecule has 0 rings (SSSR count). The maximum absolute atomic E-state index is 12.9. The van der Waals surface area contributed by atoms with Crippen LogP contribution in [-0.2, 0) is 28.6 Å². The Morgan fingerprint density at radius 3 is 0.863 bits per heavy atom. The monoisotopic (exact) mass is 1010 g/mol. The molecule has 0 aromatic carbocycles. The summed E-state index contributed by atoms with van der Waals surface area (Å²) in [5.41, 5.74) is 0. The van der Waals surface area contributed by atoms with E-state index in [4.69, 9.17) is 14.2 Å². The van der Waals surface area contributed by atoms with Crippen molar-refractivity contribution in [1.29, 1.82) is 0 Å². The maximum atomic E-state index is 12.9. The quantitative estimate of drug-likeness (QED) is 0.0261. The van der Waals surface area contributed by atoms with Gasteiger partial charge in [0.25, 0.3) is 0 Å². The highest BCUT2D eigenvalue weighted by Gasteiger charge is 2.19. The molecule has 0 aliphatic rings. The highest BCUT2D eigenvalue weighted by molar-refractivity contribution is 5.71. The highest BCUT2D eigenvalue weighted by atomic mass is 16.6. The molecule has 6 nitrogen and oxygen atoms in total. The average Bonchev–Trinajstić information content (AvgIpc) is 3.39. The zero-order valence-electron chi connectivity index (χ0n) is 46.8. The smallest absolute Gasteiger partial charge is 0.306 e. The molecule has 0 saturated heterocycles.